The van der Waals surface area contributed by atoms with E-state index in [1.165, 1.54) is 26.4 Å². The second-order valence-electron chi connectivity index (χ2n) is 6.53. The maximum Gasteiger partial charge on any atom is 0.163 e. The standard InChI is InChI=1S/C24H26ClNO6/c1-29-21-10-6-17(14-23(21)30-2)4-8-19(27)16-20(28)9-5-18-7-11-22(24(15-18)31-3)32-13-12-26-25/h4-11,14-15,26H,12-13,16H2,1-3H3/b8-4+,9-5+. The van der Waals surface area contributed by atoms with E-state index in [2.05, 4.69) is 4.84 Å². The SMILES string of the molecule is COc1ccc(/C=C/C(=O)CC(=O)/C=C/c2ccc(OCCNCl)c(OC)c2)cc1OC. The van der Waals surface area contributed by atoms with Crippen molar-refractivity contribution in [1.29, 1.82) is 0 Å². The van der Waals surface area contributed by atoms with Gasteiger partial charge in [0.25, 0.3) is 0 Å². The molecule has 1 N–H and O–H groups in total. The fourth-order valence-electron chi connectivity index (χ4n) is 2.73. The molecule has 2 aromatic carbocycles. The largest absolute Gasteiger partial charge is 0.493 e. The molecule has 0 radical (unpaired) electrons. The Balaban J connectivity index is 1.95. The predicted octanol–water partition coefficient (Wildman–Crippen LogP) is 4.09. The number of allylic oxidation sites excluding steroid dienone is 2. The van der Waals surface area contributed by atoms with Crippen LogP contribution in [0.15, 0.2) is 48.6 Å². The third-order valence-electron chi connectivity index (χ3n) is 4.32. The number of rotatable bonds is 13. The predicted molar refractivity (Wildman–Crippen MR) is 125 cm³/mol. The normalized spacial score (nSPS) is 11.0. The number of ketones is 2. The molecule has 0 heterocycles. The number of benzene rings is 2. The van der Waals surface area contributed by atoms with Crippen LogP contribution in [0, 0.1) is 0 Å². The second kappa shape index (κ2) is 13.2. The van der Waals surface area contributed by atoms with E-state index in [4.69, 9.17) is 30.7 Å². The Labute approximate surface area is 192 Å². The second-order valence-corrected chi connectivity index (χ2v) is 6.80. The first kappa shape index (κ1) is 25.0. The van der Waals surface area contributed by atoms with E-state index in [-0.39, 0.29) is 18.0 Å². The van der Waals surface area contributed by atoms with Gasteiger partial charge >= 0.3 is 0 Å². The topological polar surface area (TPSA) is 83.1 Å². The number of carbonyl (C=O) groups excluding carboxylic acids is 2. The molecule has 8 heteroatoms. The first-order chi connectivity index (χ1) is 15.5. The monoisotopic (exact) mass is 459 g/mol. The van der Waals surface area contributed by atoms with Gasteiger partial charge in [0.1, 0.15) is 6.61 Å². The molecule has 170 valence electrons. The summed E-state index contributed by atoms with van der Waals surface area (Å²) < 4.78 is 21.3. The van der Waals surface area contributed by atoms with Crippen molar-refractivity contribution >= 4 is 35.5 Å². The quantitative estimate of drug-likeness (QED) is 0.209. The Morgan fingerprint density at radius 2 is 1.31 bits per heavy atom. The lowest BCUT2D eigenvalue weighted by Crippen LogP contribution is -2.12. The van der Waals surface area contributed by atoms with Gasteiger partial charge in [-0.1, -0.05) is 24.3 Å². The molecule has 0 bridgehead atoms. The average molecular weight is 460 g/mol. The molecule has 2 aromatic rings. The number of methoxy groups -OCH3 is 3. The number of ether oxygens (including phenoxy) is 4. The van der Waals surface area contributed by atoms with Crippen molar-refractivity contribution in [3.63, 3.8) is 0 Å². The minimum Gasteiger partial charge on any atom is -0.493 e. The summed E-state index contributed by atoms with van der Waals surface area (Å²) in [6.45, 7) is 0.863. The van der Waals surface area contributed by atoms with Gasteiger partial charge in [0.15, 0.2) is 34.6 Å². The molecular formula is C24H26ClNO6. The summed E-state index contributed by atoms with van der Waals surface area (Å²) in [5.74, 6) is 1.65. The summed E-state index contributed by atoms with van der Waals surface area (Å²) in [6.07, 6.45) is 5.77. The van der Waals surface area contributed by atoms with Crippen LogP contribution in [0.2, 0.25) is 0 Å². The molecule has 0 saturated carbocycles. The molecule has 0 aliphatic carbocycles. The molecule has 0 amide bonds. The molecule has 0 aliphatic rings. The Kier molecular flexibility index (Phi) is 10.3. The maximum atomic E-state index is 12.2. The van der Waals surface area contributed by atoms with Crippen molar-refractivity contribution < 1.29 is 28.5 Å². The lowest BCUT2D eigenvalue weighted by atomic mass is 10.1. The minimum atomic E-state index is -0.306. The molecular weight excluding hydrogens is 434 g/mol. The van der Waals surface area contributed by atoms with Crippen LogP contribution in [-0.4, -0.2) is 46.0 Å². The highest BCUT2D eigenvalue weighted by Crippen LogP contribution is 2.29. The van der Waals surface area contributed by atoms with Gasteiger partial charge in [-0.05, 0) is 59.3 Å². The molecule has 0 unspecified atom stereocenters. The summed E-state index contributed by atoms with van der Waals surface area (Å²) in [7, 11) is 4.62. The van der Waals surface area contributed by atoms with Crippen molar-refractivity contribution in [3.8, 4) is 23.0 Å². The minimum absolute atomic E-state index is 0.232. The molecule has 2 rings (SSSR count). The molecule has 0 aliphatic heterocycles. The lowest BCUT2D eigenvalue weighted by molar-refractivity contribution is -0.121. The van der Waals surface area contributed by atoms with Crippen molar-refractivity contribution in [3.05, 3.63) is 59.7 Å². The fraction of sp³-hybridized carbons (Fsp3) is 0.250. The van der Waals surface area contributed by atoms with Crippen LogP contribution in [0.4, 0.5) is 0 Å². The van der Waals surface area contributed by atoms with Crippen molar-refractivity contribution in [2.45, 2.75) is 6.42 Å². The van der Waals surface area contributed by atoms with Crippen LogP contribution < -0.4 is 23.8 Å². The summed E-state index contributed by atoms with van der Waals surface area (Å²) >= 11 is 5.41. The third kappa shape index (κ3) is 7.76. The van der Waals surface area contributed by atoms with Crippen molar-refractivity contribution in [1.82, 2.24) is 4.84 Å². The zero-order chi connectivity index (χ0) is 23.3. The van der Waals surface area contributed by atoms with Gasteiger partial charge in [0, 0.05) is 6.54 Å². The van der Waals surface area contributed by atoms with Crippen LogP contribution in [-0.2, 0) is 9.59 Å². The number of carbonyl (C=O) groups is 2. The zero-order valence-corrected chi connectivity index (χ0v) is 19.0. The molecule has 0 saturated heterocycles. The molecule has 0 fully saturated rings. The molecule has 0 atom stereocenters. The van der Waals surface area contributed by atoms with E-state index in [1.54, 1.807) is 55.7 Å². The molecule has 7 nitrogen and oxygen atoms in total. The highest BCUT2D eigenvalue weighted by Gasteiger charge is 2.07. The van der Waals surface area contributed by atoms with Gasteiger partial charge < -0.3 is 18.9 Å². The first-order valence-corrected chi connectivity index (χ1v) is 10.2. The van der Waals surface area contributed by atoms with E-state index in [0.717, 1.165) is 11.1 Å². The van der Waals surface area contributed by atoms with E-state index in [9.17, 15) is 9.59 Å². The van der Waals surface area contributed by atoms with Gasteiger partial charge in [0.2, 0.25) is 0 Å². The van der Waals surface area contributed by atoms with E-state index >= 15 is 0 Å². The zero-order valence-electron chi connectivity index (χ0n) is 18.2. The summed E-state index contributed by atoms with van der Waals surface area (Å²) in [5.41, 5.74) is 1.50. The maximum absolute atomic E-state index is 12.2. The Morgan fingerprint density at radius 1 is 0.812 bits per heavy atom. The Morgan fingerprint density at radius 3 is 1.81 bits per heavy atom. The molecule has 0 spiro atoms. The van der Waals surface area contributed by atoms with Gasteiger partial charge in [0.05, 0.1) is 27.8 Å². The van der Waals surface area contributed by atoms with E-state index < -0.39 is 0 Å². The van der Waals surface area contributed by atoms with Gasteiger partial charge in [-0.3, -0.25) is 9.59 Å². The van der Waals surface area contributed by atoms with Gasteiger partial charge in [-0.2, -0.15) is 0 Å². The summed E-state index contributed by atoms with van der Waals surface area (Å²) in [5, 5.41) is 0. The number of hydrogen-bond acceptors (Lipinski definition) is 7. The average Bonchev–Trinajstić information content (AvgIpc) is 2.81. The lowest BCUT2D eigenvalue weighted by Gasteiger charge is -2.10. The number of halogens is 1. The number of nitrogens with one attached hydrogen (secondary N) is 1. The van der Waals surface area contributed by atoms with E-state index in [0.29, 0.717) is 36.1 Å². The highest BCUT2D eigenvalue weighted by atomic mass is 35.5. The van der Waals surface area contributed by atoms with Crippen LogP contribution >= 0.6 is 11.8 Å². The van der Waals surface area contributed by atoms with Crippen LogP contribution in [0.3, 0.4) is 0 Å². The third-order valence-corrected chi connectivity index (χ3v) is 4.51. The Bertz CT molecular complexity index is 986. The smallest absolute Gasteiger partial charge is 0.163 e. The molecule has 32 heavy (non-hydrogen) atoms. The van der Waals surface area contributed by atoms with E-state index in [1.807, 2.05) is 0 Å². The number of hydrogen-bond donors (Lipinski definition) is 1. The van der Waals surface area contributed by atoms with Crippen LogP contribution in [0.25, 0.3) is 12.2 Å². The van der Waals surface area contributed by atoms with Crippen molar-refractivity contribution in [2.75, 3.05) is 34.5 Å². The first-order valence-electron chi connectivity index (χ1n) is 9.79. The fourth-order valence-corrected chi connectivity index (χ4v) is 2.81. The summed E-state index contributed by atoms with van der Waals surface area (Å²) in [4.78, 5) is 26.8. The van der Waals surface area contributed by atoms with Gasteiger partial charge in [-0.15, -0.1) is 0 Å². The van der Waals surface area contributed by atoms with Crippen LogP contribution in [0.1, 0.15) is 17.5 Å². The summed E-state index contributed by atoms with van der Waals surface area (Å²) in [6, 6.07) is 10.6. The highest BCUT2D eigenvalue weighted by molar-refractivity contribution is 6.13. The van der Waals surface area contributed by atoms with Crippen LogP contribution in [0.5, 0.6) is 23.0 Å². The van der Waals surface area contributed by atoms with Gasteiger partial charge in [-0.25, -0.2) is 4.84 Å². The van der Waals surface area contributed by atoms with Crippen molar-refractivity contribution in [2.24, 2.45) is 0 Å². The Hall–Kier alpha value is -3.29. The molecule has 0 aromatic heterocycles.